The van der Waals surface area contributed by atoms with Crippen LogP contribution in [0.3, 0.4) is 0 Å². The van der Waals surface area contributed by atoms with Crippen LogP contribution < -0.4 is 10.6 Å². The molecule has 1 saturated carbocycles. The third kappa shape index (κ3) is 5.25. The van der Waals surface area contributed by atoms with Gasteiger partial charge in [0, 0.05) is 30.8 Å². The summed E-state index contributed by atoms with van der Waals surface area (Å²) in [5.74, 6) is -0.0653. The van der Waals surface area contributed by atoms with Crippen LogP contribution in [-0.4, -0.2) is 33.5 Å². The summed E-state index contributed by atoms with van der Waals surface area (Å²) in [7, 11) is 0. The van der Waals surface area contributed by atoms with Crippen molar-refractivity contribution in [1.82, 2.24) is 20.4 Å². The van der Waals surface area contributed by atoms with Crippen molar-refractivity contribution in [2.75, 3.05) is 11.9 Å². The summed E-state index contributed by atoms with van der Waals surface area (Å²) < 4.78 is 5.50. The Kier molecular flexibility index (Phi) is 5.71. The van der Waals surface area contributed by atoms with Gasteiger partial charge in [-0.1, -0.05) is 25.9 Å². The number of amides is 2. The summed E-state index contributed by atoms with van der Waals surface area (Å²) in [6, 6.07) is 5.37. The minimum atomic E-state index is -0.248. The van der Waals surface area contributed by atoms with E-state index < -0.39 is 0 Å². The molecule has 3 heterocycles. The molecule has 0 saturated heterocycles. The molecule has 0 atom stereocenters. The lowest BCUT2D eigenvalue weighted by atomic mass is 9.89. The van der Waals surface area contributed by atoms with E-state index in [1.807, 2.05) is 6.07 Å². The number of hydrogen-bond acceptors (Lipinski definition) is 6. The molecule has 0 spiro atoms. The van der Waals surface area contributed by atoms with Crippen molar-refractivity contribution in [1.29, 1.82) is 0 Å². The number of aromatic nitrogens is 3. The van der Waals surface area contributed by atoms with Crippen molar-refractivity contribution in [3.05, 3.63) is 47.5 Å². The predicted molar refractivity (Wildman–Crippen MR) is 117 cm³/mol. The van der Waals surface area contributed by atoms with Gasteiger partial charge in [0.25, 0.3) is 11.6 Å². The molecular formula is C23H27N5O3. The van der Waals surface area contributed by atoms with Crippen LogP contribution in [-0.2, 0) is 11.2 Å². The molecule has 31 heavy (non-hydrogen) atoms. The first-order chi connectivity index (χ1) is 14.8. The number of fused-ring (bicyclic) bond motifs is 1. The van der Waals surface area contributed by atoms with E-state index in [0.29, 0.717) is 34.7 Å². The van der Waals surface area contributed by atoms with Crippen molar-refractivity contribution in [2.45, 2.75) is 52.4 Å². The molecule has 162 valence electrons. The van der Waals surface area contributed by atoms with Gasteiger partial charge in [-0.3, -0.25) is 14.6 Å². The van der Waals surface area contributed by atoms with E-state index in [9.17, 15) is 9.59 Å². The number of carbonyl (C=O) groups excluding carboxylic acids is 2. The Labute approximate surface area is 180 Å². The van der Waals surface area contributed by atoms with Crippen molar-refractivity contribution >= 4 is 28.6 Å². The van der Waals surface area contributed by atoms with Gasteiger partial charge in [-0.05, 0) is 42.9 Å². The maximum Gasteiger partial charge on any atom is 0.259 e. The number of hydrogen-bond donors (Lipinski definition) is 2. The van der Waals surface area contributed by atoms with Crippen molar-refractivity contribution in [3.8, 4) is 0 Å². The van der Waals surface area contributed by atoms with Gasteiger partial charge < -0.3 is 15.2 Å². The molecule has 1 aliphatic carbocycles. The minimum absolute atomic E-state index is 0.0168. The second kappa shape index (κ2) is 8.45. The fourth-order valence-corrected chi connectivity index (χ4v) is 3.46. The van der Waals surface area contributed by atoms with E-state index in [0.717, 1.165) is 24.2 Å². The highest BCUT2D eigenvalue weighted by Crippen LogP contribution is 2.40. The van der Waals surface area contributed by atoms with E-state index >= 15 is 0 Å². The number of pyridine rings is 2. The first kappa shape index (κ1) is 21.0. The molecule has 0 radical (unpaired) electrons. The third-order valence-corrected chi connectivity index (χ3v) is 5.06. The quantitative estimate of drug-likeness (QED) is 0.600. The van der Waals surface area contributed by atoms with Crippen molar-refractivity contribution < 1.29 is 14.1 Å². The third-order valence-electron chi connectivity index (χ3n) is 5.06. The van der Waals surface area contributed by atoms with Gasteiger partial charge in [0.2, 0.25) is 5.91 Å². The first-order valence-corrected chi connectivity index (χ1v) is 10.6. The molecule has 3 aromatic heterocycles. The second-order valence-electron chi connectivity index (χ2n) is 9.21. The maximum atomic E-state index is 13.1. The van der Waals surface area contributed by atoms with Gasteiger partial charge in [0.15, 0.2) is 0 Å². The summed E-state index contributed by atoms with van der Waals surface area (Å²) in [5, 5.41) is 10.5. The Hall–Kier alpha value is -3.29. The van der Waals surface area contributed by atoms with Gasteiger partial charge in [0.1, 0.15) is 0 Å². The highest BCUT2D eigenvalue weighted by atomic mass is 16.5. The second-order valence-corrected chi connectivity index (χ2v) is 9.21. The molecule has 0 aliphatic heterocycles. The monoisotopic (exact) mass is 421 g/mol. The molecule has 0 bridgehead atoms. The number of nitrogens with one attached hydrogen (secondary N) is 2. The van der Waals surface area contributed by atoms with Gasteiger partial charge in [-0.15, -0.1) is 0 Å². The minimum Gasteiger partial charge on any atom is -0.351 e. The Morgan fingerprint density at radius 1 is 1.26 bits per heavy atom. The molecule has 8 nitrogen and oxygen atoms in total. The fraction of sp³-hybridized carbons (Fsp3) is 0.435. The zero-order valence-corrected chi connectivity index (χ0v) is 18.1. The lowest BCUT2D eigenvalue weighted by Gasteiger charge is -2.16. The highest BCUT2D eigenvalue weighted by Gasteiger charge is 2.30. The van der Waals surface area contributed by atoms with Gasteiger partial charge in [-0.2, -0.15) is 0 Å². The number of anilines is 1. The lowest BCUT2D eigenvalue weighted by Crippen LogP contribution is -2.28. The predicted octanol–water partition coefficient (Wildman–Crippen LogP) is 3.84. The average molecular weight is 422 g/mol. The van der Waals surface area contributed by atoms with Crippen LogP contribution in [0.2, 0.25) is 0 Å². The van der Waals surface area contributed by atoms with Crippen molar-refractivity contribution in [2.24, 2.45) is 5.41 Å². The summed E-state index contributed by atoms with van der Waals surface area (Å²) in [4.78, 5) is 33.8. The zero-order chi connectivity index (χ0) is 22.0. The molecule has 8 heteroatoms. The van der Waals surface area contributed by atoms with E-state index in [4.69, 9.17) is 4.52 Å². The highest BCUT2D eigenvalue weighted by molar-refractivity contribution is 6.06. The van der Waals surface area contributed by atoms with Crippen LogP contribution in [0, 0.1) is 5.41 Å². The van der Waals surface area contributed by atoms with Gasteiger partial charge >= 0.3 is 0 Å². The van der Waals surface area contributed by atoms with Crippen molar-refractivity contribution in [3.63, 3.8) is 0 Å². The van der Waals surface area contributed by atoms with E-state index in [1.165, 1.54) is 0 Å². The summed E-state index contributed by atoms with van der Waals surface area (Å²) >= 11 is 0. The maximum absolute atomic E-state index is 13.1. The Morgan fingerprint density at radius 2 is 2.06 bits per heavy atom. The zero-order valence-electron chi connectivity index (χ0n) is 18.1. The Balaban J connectivity index is 1.49. The van der Waals surface area contributed by atoms with Gasteiger partial charge in [-0.25, -0.2) is 4.98 Å². The van der Waals surface area contributed by atoms with Crippen LogP contribution in [0.1, 0.15) is 67.7 Å². The smallest absolute Gasteiger partial charge is 0.259 e. The summed E-state index contributed by atoms with van der Waals surface area (Å²) in [6.45, 7) is 6.55. The molecule has 1 fully saturated rings. The number of rotatable bonds is 7. The molecule has 2 amide bonds. The summed E-state index contributed by atoms with van der Waals surface area (Å²) in [5.41, 5.74) is 3.13. The van der Waals surface area contributed by atoms with E-state index in [2.05, 4.69) is 46.5 Å². The van der Waals surface area contributed by atoms with Crippen LogP contribution in [0.5, 0.6) is 0 Å². The number of nitrogens with zero attached hydrogens (tertiary/aromatic N) is 3. The van der Waals surface area contributed by atoms with Crippen LogP contribution >= 0.6 is 0 Å². The standard InChI is InChI=1S/C23H27N5O3/c1-23(2,3)12-18-20-16(11-17(14-6-7-14)27-22(20)31-28-18)21(30)25-10-8-19(29)26-15-5-4-9-24-13-15/h4-5,9,11,13-14H,6-8,10,12H2,1-3H3,(H,25,30)(H,26,29). The molecule has 2 N–H and O–H groups in total. The lowest BCUT2D eigenvalue weighted by molar-refractivity contribution is -0.116. The normalized spacial score (nSPS) is 13.9. The Bertz CT molecular complexity index is 1100. The van der Waals surface area contributed by atoms with Gasteiger partial charge in [0.05, 0.1) is 28.5 Å². The Morgan fingerprint density at radius 3 is 2.74 bits per heavy atom. The van der Waals surface area contributed by atoms with E-state index in [1.54, 1.807) is 24.5 Å². The van der Waals surface area contributed by atoms with Crippen LogP contribution in [0.15, 0.2) is 35.1 Å². The molecule has 4 rings (SSSR count). The van der Waals surface area contributed by atoms with Crippen LogP contribution in [0.4, 0.5) is 5.69 Å². The first-order valence-electron chi connectivity index (χ1n) is 10.6. The SMILES string of the molecule is CC(C)(C)Cc1noc2nc(C3CC3)cc(C(=O)NCCC(=O)Nc3cccnc3)c12. The number of carbonyl (C=O) groups is 2. The molecule has 3 aromatic rings. The molecular weight excluding hydrogens is 394 g/mol. The molecule has 1 aliphatic rings. The fourth-order valence-electron chi connectivity index (χ4n) is 3.46. The molecule has 0 aromatic carbocycles. The van der Waals surface area contributed by atoms with Crippen LogP contribution in [0.25, 0.3) is 11.1 Å². The van der Waals surface area contributed by atoms with E-state index in [-0.39, 0.29) is 30.2 Å². The summed E-state index contributed by atoms with van der Waals surface area (Å²) in [6.07, 6.45) is 6.17. The topological polar surface area (TPSA) is 110 Å². The average Bonchev–Trinajstić information content (AvgIpc) is 3.49. The molecule has 0 unspecified atom stereocenters. The largest absolute Gasteiger partial charge is 0.351 e.